The standard InChI is InChI=1S/C12H20N2O3S.C2H2O4/c1-10(15)8-13-9-11-5-4-6-12(7-11)18(16,17)14(2)3;3-1(4)2(5)6/h4-7,10,13,15H,8-9H2,1-3H3;(H,3,4)(H,5,6). The molecule has 10 heteroatoms. The molecular formula is C14H22N2O7S. The number of hydrogen-bond acceptors (Lipinski definition) is 6. The van der Waals surface area contributed by atoms with Crippen molar-refractivity contribution in [2.45, 2.75) is 24.5 Å². The van der Waals surface area contributed by atoms with Gasteiger partial charge in [-0.25, -0.2) is 22.3 Å². The minimum Gasteiger partial charge on any atom is -0.473 e. The molecule has 0 saturated heterocycles. The number of aliphatic carboxylic acids is 2. The Balaban J connectivity index is 0.000000754. The first-order chi connectivity index (χ1) is 11.0. The highest BCUT2D eigenvalue weighted by Crippen LogP contribution is 2.14. The molecule has 1 aromatic carbocycles. The van der Waals surface area contributed by atoms with E-state index in [0.717, 1.165) is 5.56 Å². The lowest BCUT2D eigenvalue weighted by Crippen LogP contribution is -2.24. The monoisotopic (exact) mass is 362 g/mol. The van der Waals surface area contributed by atoms with Crippen LogP contribution in [0.2, 0.25) is 0 Å². The van der Waals surface area contributed by atoms with Gasteiger partial charge in [0.2, 0.25) is 10.0 Å². The first-order valence-electron chi connectivity index (χ1n) is 6.85. The number of carboxylic acid groups (broad SMARTS) is 2. The largest absolute Gasteiger partial charge is 0.473 e. The van der Waals surface area contributed by atoms with Crippen LogP contribution in [0, 0.1) is 0 Å². The number of carboxylic acids is 2. The second-order valence-corrected chi connectivity index (χ2v) is 7.18. The van der Waals surface area contributed by atoms with Gasteiger partial charge in [0.25, 0.3) is 0 Å². The molecule has 4 N–H and O–H groups in total. The van der Waals surface area contributed by atoms with Crippen LogP contribution in [0.3, 0.4) is 0 Å². The topological polar surface area (TPSA) is 144 Å². The van der Waals surface area contributed by atoms with E-state index < -0.39 is 28.1 Å². The first-order valence-corrected chi connectivity index (χ1v) is 8.29. The Morgan fingerprint density at radius 1 is 1.21 bits per heavy atom. The van der Waals surface area contributed by atoms with Gasteiger partial charge in [-0.15, -0.1) is 0 Å². The maximum absolute atomic E-state index is 11.9. The molecule has 24 heavy (non-hydrogen) atoms. The van der Waals surface area contributed by atoms with Crippen LogP contribution in [0.5, 0.6) is 0 Å². The lowest BCUT2D eigenvalue weighted by Gasteiger charge is -2.12. The Labute approximate surface area is 140 Å². The van der Waals surface area contributed by atoms with Crippen molar-refractivity contribution in [3.63, 3.8) is 0 Å². The summed E-state index contributed by atoms with van der Waals surface area (Å²) in [4.78, 5) is 18.5. The summed E-state index contributed by atoms with van der Waals surface area (Å²) in [5.74, 6) is -3.65. The predicted molar refractivity (Wildman–Crippen MR) is 86.0 cm³/mol. The van der Waals surface area contributed by atoms with E-state index >= 15 is 0 Å². The van der Waals surface area contributed by atoms with E-state index in [1.165, 1.54) is 18.4 Å². The molecule has 0 spiro atoms. The van der Waals surface area contributed by atoms with Gasteiger partial charge < -0.3 is 20.6 Å². The first kappa shape index (κ1) is 22.0. The third kappa shape index (κ3) is 8.02. The second kappa shape index (κ2) is 9.98. The van der Waals surface area contributed by atoms with Crippen molar-refractivity contribution in [2.75, 3.05) is 20.6 Å². The lowest BCUT2D eigenvalue weighted by molar-refractivity contribution is -0.159. The van der Waals surface area contributed by atoms with Crippen LogP contribution in [-0.2, 0) is 26.2 Å². The van der Waals surface area contributed by atoms with Crippen LogP contribution in [0.4, 0.5) is 0 Å². The van der Waals surface area contributed by atoms with Gasteiger partial charge in [0.05, 0.1) is 11.0 Å². The Morgan fingerprint density at radius 2 is 1.75 bits per heavy atom. The summed E-state index contributed by atoms with van der Waals surface area (Å²) in [5, 5.41) is 27.0. The van der Waals surface area contributed by atoms with Crippen molar-refractivity contribution in [3.8, 4) is 0 Å². The van der Waals surface area contributed by atoms with Crippen LogP contribution < -0.4 is 5.32 Å². The molecule has 136 valence electrons. The minimum absolute atomic E-state index is 0.281. The number of carbonyl (C=O) groups is 2. The van der Waals surface area contributed by atoms with Gasteiger partial charge in [0.1, 0.15) is 0 Å². The normalized spacial score (nSPS) is 12.2. The number of hydrogen-bond donors (Lipinski definition) is 4. The van der Waals surface area contributed by atoms with Crippen molar-refractivity contribution < 1.29 is 33.3 Å². The molecule has 1 unspecified atom stereocenters. The number of benzene rings is 1. The van der Waals surface area contributed by atoms with Gasteiger partial charge in [-0.05, 0) is 24.6 Å². The quantitative estimate of drug-likeness (QED) is 0.499. The second-order valence-electron chi connectivity index (χ2n) is 5.03. The molecular weight excluding hydrogens is 340 g/mol. The van der Waals surface area contributed by atoms with Crippen LogP contribution in [0.25, 0.3) is 0 Å². The van der Waals surface area contributed by atoms with E-state index in [9.17, 15) is 8.42 Å². The van der Waals surface area contributed by atoms with E-state index in [2.05, 4.69) is 5.32 Å². The molecule has 0 fully saturated rings. The fourth-order valence-electron chi connectivity index (χ4n) is 1.45. The van der Waals surface area contributed by atoms with Gasteiger partial charge in [-0.3, -0.25) is 0 Å². The van der Waals surface area contributed by atoms with Crippen molar-refractivity contribution in [1.82, 2.24) is 9.62 Å². The summed E-state index contributed by atoms with van der Waals surface area (Å²) in [7, 11) is -0.369. The average Bonchev–Trinajstić information content (AvgIpc) is 2.47. The molecule has 0 aliphatic carbocycles. The Kier molecular flexibility index (Phi) is 9.14. The third-order valence-electron chi connectivity index (χ3n) is 2.63. The number of aliphatic hydroxyl groups excluding tert-OH is 1. The number of sulfonamides is 1. The molecule has 0 amide bonds. The summed E-state index contributed by atoms with van der Waals surface area (Å²) in [6, 6.07) is 6.79. The summed E-state index contributed by atoms with van der Waals surface area (Å²) in [5.41, 5.74) is 0.874. The lowest BCUT2D eigenvalue weighted by atomic mass is 10.2. The Morgan fingerprint density at radius 3 is 2.17 bits per heavy atom. The Hall–Kier alpha value is -2.01. The predicted octanol–water partition coefficient (Wildman–Crippen LogP) is -0.437. The molecule has 0 bridgehead atoms. The molecule has 0 heterocycles. The molecule has 1 atom stereocenters. The molecule has 0 aromatic heterocycles. The van der Waals surface area contributed by atoms with Gasteiger partial charge >= 0.3 is 11.9 Å². The molecule has 9 nitrogen and oxygen atoms in total. The summed E-state index contributed by atoms with van der Waals surface area (Å²) < 4.78 is 25.1. The van der Waals surface area contributed by atoms with E-state index in [4.69, 9.17) is 24.9 Å². The van der Waals surface area contributed by atoms with Crippen LogP contribution >= 0.6 is 0 Å². The van der Waals surface area contributed by atoms with E-state index in [-0.39, 0.29) is 4.90 Å². The van der Waals surface area contributed by atoms with Gasteiger partial charge in [0, 0.05) is 27.2 Å². The van der Waals surface area contributed by atoms with Crippen LogP contribution in [0.1, 0.15) is 12.5 Å². The average molecular weight is 362 g/mol. The molecule has 0 radical (unpaired) electrons. The smallest absolute Gasteiger partial charge is 0.414 e. The molecule has 1 aromatic rings. The van der Waals surface area contributed by atoms with Crippen LogP contribution in [-0.4, -0.2) is 66.7 Å². The number of rotatable bonds is 6. The number of aliphatic hydroxyl groups is 1. The number of nitrogens with one attached hydrogen (secondary N) is 1. The van der Waals surface area contributed by atoms with Crippen LogP contribution in [0.15, 0.2) is 29.2 Å². The fraction of sp³-hybridized carbons (Fsp3) is 0.429. The van der Waals surface area contributed by atoms with Gasteiger partial charge in [-0.1, -0.05) is 12.1 Å². The molecule has 1 rings (SSSR count). The highest BCUT2D eigenvalue weighted by atomic mass is 32.2. The third-order valence-corrected chi connectivity index (χ3v) is 4.44. The summed E-state index contributed by atoms with van der Waals surface area (Å²) in [6.07, 6.45) is -0.418. The summed E-state index contributed by atoms with van der Waals surface area (Å²) in [6.45, 7) is 2.70. The number of nitrogens with zero attached hydrogens (tertiary/aromatic N) is 1. The van der Waals surface area contributed by atoms with Crippen molar-refractivity contribution in [3.05, 3.63) is 29.8 Å². The SMILES string of the molecule is CC(O)CNCc1cccc(S(=O)(=O)N(C)C)c1.O=C(O)C(=O)O. The fourth-order valence-corrected chi connectivity index (χ4v) is 2.42. The van der Waals surface area contributed by atoms with Crippen molar-refractivity contribution in [1.29, 1.82) is 0 Å². The molecule has 0 aliphatic rings. The van der Waals surface area contributed by atoms with Gasteiger partial charge in [-0.2, -0.15) is 0 Å². The molecule has 0 saturated carbocycles. The maximum atomic E-state index is 11.9. The van der Waals surface area contributed by atoms with E-state index in [1.807, 2.05) is 6.07 Å². The highest BCUT2D eigenvalue weighted by Gasteiger charge is 2.16. The minimum atomic E-state index is -3.38. The highest BCUT2D eigenvalue weighted by molar-refractivity contribution is 7.89. The van der Waals surface area contributed by atoms with Gasteiger partial charge in [0.15, 0.2) is 0 Å². The van der Waals surface area contributed by atoms with E-state index in [0.29, 0.717) is 13.1 Å². The van der Waals surface area contributed by atoms with Crippen molar-refractivity contribution in [2.24, 2.45) is 0 Å². The zero-order valence-corrected chi connectivity index (χ0v) is 14.4. The Bertz CT molecular complexity index is 645. The molecule has 0 aliphatic heterocycles. The van der Waals surface area contributed by atoms with Crippen molar-refractivity contribution >= 4 is 22.0 Å². The van der Waals surface area contributed by atoms with E-state index in [1.54, 1.807) is 25.1 Å². The zero-order valence-electron chi connectivity index (χ0n) is 13.6. The zero-order chi connectivity index (χ0) is 18.9. The summed E-state index contributed by atoms with van der Waals surface area (Å²) >= 11 is 0. The maximum Gasteiger partial charge on any atom is 0.414 e.